The van der Waals surface area contributed by atoms with E-state index in [0.29, 0.717) is 12.0 Å². The summed E-state index contributed by atoms with van der Waals surface area (Å²) in [6.45, 7) is 0.862. The van der Waals surface area contributed by atoms with Gasteiger partial charge in [-0.2, -0.15) is 0 Å². The molecule has 2 heteroatoms. The predicted octanol–water partition coefficient (Wildman–Crippen LogP) is 2.91. The van der Waals surface area contributed by atoms with Gasteiger partial charge in [-0.15, -0.1) is 0 Å². The molecule has 0 spiro atoms. The van der Waals surface area contributed by atoms with Gasteiger partial charge < -0.3 is 11.1 Å². The zero-order chi connectivity index (χ0) is 12.4. The van der Waals surface area contributed by atoms with Gasteiger partial charge in [0.05, 0.1) is 0 Å². The average molecular weight is 238 g/mol. The van der Waals surface area contributed by atoms with Gasteiger partial charge >= 0.3 is 0 Å². The molecule has 1 aliphatic rings. The normalized spacial score (nSPS) is 21.8. The molecule has 0 aromatic heterocycles. The molecule has 0 bridgehead atoms. The van der Waals surface area contributed by atoms with Crippen LogP contribution in [0, 0.1) is 0 Å². The van der Waals surface area contributed by atoms with Crippen molar-refractivity contribution in [3.05, 3.63) is 65.7 Å². The lowest BCUT2D eigenvalue weighted by atomic mass is 10.1. The molecular formula is C16H18N2. The second kappa shape index (κ2) is 4.83. The molecule has 2 unspecified atom stereocenters. The quantitative estimate of drug-likeness (QED) is 0.804. The van der Waals surface area contributed by atoms with Gasteiger partial charge in [-0.3, -0.25) is 0 Å². The van der Waals surface area contributed by atoms with Crippen LogP contribution in [0.2, 0.25) is 0 Å². The van der Waals surface area contributed by atoms with Crippen LogP contribution < -0.4 is 11.1 Å². The van der Waals surface area contributed by atoms with E-state index in [4.69, 9.17) is 5.73 Å². The molecule has 0 heterocycles. The predicted molar refractivity (Wildman–Crippen MR) is 75.3 cm³/mol. The van der Waals surface area contributed by atoms with Gasteiger partial charge in [0.2, 0.25) is 0 Å². The van der Waals surface area contributed by atoms with Gasteiger partial charge in [0.25, 0.3) is 0 Å². The van der Waals surface area contributed by atoms with Crippen molar-refractivity contribution < 1.29 is 0 Å². The number of hydrogen-bond acceptors (Lipinski definition) is 2. The van der Waals surface area contributed by atoms with Crippen LogP contribution in [0.1, 0.15) is 23.5 Å². The lowest BCUT2D eigenvalue weighted by Crippen LogP contribution is -2.18. The van der Waals surface area contributed by atoms with E-state index in [1.807, 2.05) is 18.2 Å². The highest BCUT2D eigenvalue weighted by molar-refractivity contribution is 5.46. The van der Waals surface area contributed by atoms with Gasteiger partial charge in [0.1, 0.15) is 0 Å². The van der Waals surface area contributed by atoms with E-state index < -0.39 is 0 Å². The lowest BCUT2D eigenvalue weighted by molar-refractivity contribution is 0.674. The van der Waals surface area contributed by atoms with Gasteiger partial charge in [-0.05, 0) is 23.6 Å². The lowest BCUT2D eigenvalue weighted by Gasteiger charge is -2.07. The molecule has 92 valence electrons. The topological polar surface area (TPSA) is 38.0 Å². The zero-order valence-electron chi connectivity index (χ0n) is 10.3. The van der Waals surface area contributed by atoms with E-state index >= 15 is 0 Å². The number of nitrogens with one attached hydrogen (secondary N) is 1. The maximum Gasteiger partial charge on any atom is 0.0359 e. The molecule has 1 fully saturated rings. The van der Waals surface area contributed by atoms with E-state index in [1.165, 1.54) is 17.5 Å². The first kappa shape index (κ1) is 11.3. The Morgan fingerprint density at radius 2 is 1.72 bits per heavy atom. The number of benzene rings is 2. The SMILES string of the molecule is Nc1ccccc1CNC1CC1c1ccccc1. The van der Waals surface area contributed by atoms with Crippen molar-refractivity contribution in [1.29, 1.82) is 0 Å². The minimum Gasteiger partial charge on any atom is -0.398 e. The highest BCUT2D eigenvalue weighted by atomic mass is 15.0. The van der Waals surface area contributed by atoms with Crippen LogP contribution in [0.25, 0.3) is 0 Å². The van der Waals surface area contributed by atoms with E-state index in [0.717, 1.165) is 12.2 Å². The summed E-state index contributed by atoms with van der Waals surface area (Å²) in [4.78, 5) is 0. The number of nitrogen functional groups attached to an aromatic ring is 1. The monoisotopic (exact) mass is 238 g/mol. The van der Waals surface area contributed by atoms with Gasteiger partial charge in [-0.25, -0.2) is 0 Å². The molecule has 0 aliphatic heterocycles. The van der Waals surface area contributed by atoms with Gasteiger partial charge in [0.15, 0.2) is 0 Å². The van der Waals surface area contributed by atoms with Crippen LogP contribution in [-0.2, 0) is 6.54 Å². The summed E-state index contributed by atoms with van der Waals surface area (Å²) >= 11 is 0. The summed E-state index contributed by atoms with van der Waals surface area (Å²) in [5.41, 5.74) is 9.44. The smallest absolute Gasteiger partial charge is 0.0359 e. The van der Waals surface area contributed by atoms with Gasteiger partial charge in [0, 0.05) is 24.2 Å². The summed E-state index contributed by atoms with van der Waals surface area (Å²) in [5, 5.41) is 3.58. The van der Waals surface area contributed by atoms with Crippen molar-refractivity contribution in [2.75, 3.05) is 5.73 Å². The van der Waals surface area contributed by atoms with Crippen molar-refractivity contribution in [3.8, 4) is 0 Å². The molecular weight excluding hydrogens is 220 g/mol. The number of rotatable bonds is 4. The molecule has 2 aromatic carbocycles. The number of para-hydroxylation sites is 1. The van der Waals surface area contributed by atoms with Crippen LogP contribution in [0.5, 0.6) is 0 Å². The third-order valence-electron chi connectivity index (χ3n) is 3.63. The highest BCUT2D eigenvalue weighted by Crippen LogP contribution is 2.40. The first-order valence-corrected chi connectivity index (χ1v) is 6.46. The summed E-state index contributed by atoms with van der Waals surface area (Å²) in [6, 6.07) is 19.4. The molecule has 3 rings (SSSR count). The molecule has 2 aromatic rings. The number of nitrogens with two attached hydrogens (primary N) is 1. The van der Waals surface area contributed by atoms with E-state index in [2.05, 4.69) is 41.7 Å². The Morgan fingerprint density at radius 1 is 1.00 bits per heavy atom. The van der Waals surface area contributed by atoms with Crippen molar-refractivity contribution >= 4 is 5.69 Å². The summed E-state index contributed by atoms with van der Waals surface area (Å²) in [7, 11) is 0. The fraction of sp³-hybridized carbons (Fsp3) is 0.250. The second-order valence-corrected chi connectivity index (χ2v) is 4.94. The minimum absolute atomic E-state index is 0.604. The van der Waals surface area contributed by atoms with Crippen LogP contribution in [-0.4, -0.2) is 6.04 Å². The fourth-order valence-electron chi connectivity index (χ4n) is 2.43. The van der Waals surface area contributed by atoms with Crippen LogP contribution in [0.15, 0.2) is 54.6 Å². The molecule has 0 amide bonds. The molecule has 0 radical (unpaired) electrons. The Morgan fingerprint density at radius 3 is 2.50 bits per heavy atom. The number of hydrogen-bond donors (Lipinski definition) is 2. The molecule has 2 nitrogen and oxygen atoms in total. The summed E-state index contributed by atoms with van der Waals surface area (Å²) in [6.07, 6.45) is 1.23. The standard InChI is InChI=1S/C16H18N2/c17-15-9-5-4-8-13(15)11-18-16-10-14(16)12-6-2-1-3-7-12/h1-9,14,16,18H,10-11,17H2. The molecule has 1 aliphatic carbocycles. The fourth-order valence-corrected chi connectivity index (χ4v) is 2.43. The first-order valence-electron chi connectivity index (χ1n) is 6.46. The zero-order valence-corrected chi connectivity index (χ0v) is 10.3. The Labute approximate surface area is 108 Å². The van der Waals surface area contributed by atoms with Crippen LogP contribution >= 0.6 is 0 Å². The van der Waals surface area contributed by atoms with Crippen molar-refractivity contribution in [3.63, 3.8) is 0 Å². The van der Waals surface area contributed by atoms with Crippen molar-refractivity contribution in [2.24, 2.45) is 0 Å². The molecule has 18 heavy (non-hydrogen) atoms. The minimum atomic E-state index is 0.604. The van der Waals surface area contributed by atoms with Crippen molar-refractivity contribution in [1.82, 2.24) is 5.32 Å². The average Bonchev–Trinajstić information content (AvgIpc) is 3.18. The van der Waals surface area contributed by atoms with Crippen molar-refractivity contribution in [2.45, 2.75) is 24.9 Å². The Bertz CT molecular complexity index is 522. The molecule has 1 saturated carbocycles. The molecule has 0 saturated heterocycles. The van der Waals surface area contributed by atoms with E-state index in [1.54, 1.807) is 0 Å². The second-order valence-electron chi connectivity index (χ2n) is 4.94. The highest BCUT2D eigenvalue weighted by Gasteiger charge is 2.37. The van der Waals surface area contributed by atoms with Crippen LogP contribution in [0.4, 0.5) is 5.69 Å². The van der Waals surface area contributed by atoms with Gasteiger partial charge in [-0.1, -0.05) is 48.5 Å². The van der Waals surface area contributed by atoms with E-state index in [-0.39, 0.29) is 0 Å². The summed E-state index contributed by atoms with van der Waals surface area (Å²) in [5.74, 6) is 0.677. The molecule has 3 N–H and O–H groups in total. The maximum absolute atomic E-state index is 5.93. The third kappa shape index (κ3) is 2.39. The first-order chi connectivity index (χ1) is 8.84. The summed E-state index contributed by atoms with van der Waals surface area (Å²) < 4.78 is 0. The Hall–Kier alpha value is -1.80. The molecule has 2 atom stereocenters. The largest absolute Gasteiger partial charge is 0.398 e. The Balaban J connectivity index is 1.56. The number of anilines is 1. The van der Waals surface area contributed by atoms with E-state index in [9.17, 15) is 0 Å². The third-order valence-corrected chi connectivity index (χ3v) is 3.63. The Kier molecular flexibility index (Phi) is 3.03. The van der Waals surface area contributed by atoms with Crippen LogP contribution in [0.3, 0.4) is 0 Å². The maximum atomic E-state index is 5.93.